The second-order valence-electron chi connectivity index (χ2n) is 4.80. The summed E-state index contributed by atoms with van der Waals surface area (Å²) < 4.78 is 59.2. The van der Waals surface area contributed by atoms with Gasteiger partial charge in [0.2, 0.25) is 0 Å². The van der Waals surface area contributed by atoms with Crippen molar-refractivity contribution >= 4 is 0 Å². The summed E-state index contributed by atoms with van der Waals surface area (Å²) in [5.74, 6) is -9.55. The van der Waals surface area contributed by atoms with Crippen LogP contribution in [-0.4, -0.2) is 11.8 Å². The number of aryl methyl sites for hydroxylation is 1. The number of hydrogen-bond donors (Lipinski definition) is 0. The van der Waals surface area contributed by atoms with E-state index in [-0.39, 0.29) is 6.61 Å². The number of ether oxygens (including phenoxy) is 1. The van der Waals surface area contributed by atoms with E-state index in [0.29, 0.717) is 5.56 Å². The van der Waals surface area contributed by atoms with E-state index >= 15 is 0 Å². The first kappa shape index (κ1) is 14.6. The fraction of sp³-hybridized carbons (Fsp3) is 0.333. The lowest BCUT2D eigenvalue weighted by Gasteiger charge is -2.31. The van der Waals surface area contributed by atoms with Gasteiger partial charge in [-0.3, -0.25) is 0 Å². The number of rotatable bonds is 3. The second kappa shape index (κ2) is 4.96. The zero-order valence-corrected chi connectivity index (χ0v) is 11.1. The summed E-state index contributed by atoms with van der Waals surface area (Å²) in [6, 6.07) is 7.00. The molecule has 1 nitrogen and oxygen atoms in total. The molecular formula is C15H14F4O. The van der Waals surface area contributed by atoms with Crippen LogP contribution in [0, 0.1) is 6.92 Å². The molecule has 20 heavy (non-hydrogen) atoms. The van der Waals surface area contributed by atoms with E-state index in [9.17, 15) is 17.6 Å². The Balaban J connectivity index is 2.15. The molecule has 0 heterocycles. The number of allylic oxidation sites excluding steroid dienone is 4. The minimum absolute atomic E-state index is 0.176. The molecular weight excluding hydrogens is 272 g/mol. The van der Waals surface area contributed by atoms with E-state index in [0.717, 1.165) is 24.6 Å². The fourth-order valence-electron chi connectivity index (χ4n) is 1.80. The summed E-state index contributed by atoms with van der Waals surface area (Å²) in [6.45, 7) is 2.68. The van der Waals surface area contributed by atoms with Gasteiger partial charge in [-0.15, -0.1) is 0 Å². The zero-order valence-electron chi connectivity index (χ0n) is 11.1. The van der Waals surface area contributed by atoms with Crippen molar-refractivity contribution in [2.24, 2.45) is 0 Å². The van der Waals surface area contributed by atoms with Gasteiger partial charge < -0.3 is 4.74 Å². The standard InChI is InChI=1S/C15H14F4O/c1-10-3-6-12(7-4-10)9-20-13-8-5-11(2)14(16,17)15(13,18)19/h3-8H,9H2,1-2H3. The van der Waals surface area contributed by atoms with Crippen LogP contribution in [0.25, 0.3) is 0 Å². The van der Waals surface area contributed by atoms with E-state index in [1.165, 1.54) is 0 Å². The molecule has 1 aliphatic carbocycles. The predicted octanol–water partition coefficient (Wildman–Crippen LogP) is 4.63. The molecule has 2 rings (SSSR count). The van der Waals surface area contributed by atoms with Crippen molar-refractivity contribution in [3.8, 4) is 0 Å². The Morgan fingerprint density at radius 3 is 2.10 bits per heavy atom. The van der Waals surface area contributed by atoms with Crippen LogP contribution in [0.5, 0.6) is 0 Å². The number of halogens is 4. The maximum Gasteiger partial charge on any atom is 0.369 e. The largest absolute Gasteiger partial charge is 0.487 e. The quantitative estimate of drug-likeness (QED) is 0.736. The van der Waals surface area contributed by atoms with E-state index in [1.54, 1.807) is 24.3 Å². The van der Waals surface area contributed by atoms with Gasteiger partial charge in [0.1, 0.15) is 6.61 Å². The predicted molar refractivity (Wildman–Crippen MR) is 67.7 cm³/mol. The minimum Gasteiger partial charge on any atom is -0.487 e. The molecule has 1 aliphatic rings. The lowest BCUT2D eigenvalue weighted by molar-refractivity contribution is -0.186. The molecule has 0 aliphatic heterocycles. The van der Waals surface area contributed by atoms with E-state index in [2.05, 4.69) is 0 Å². The molecule has 1 aromatic carbocycles. The fourth-order valence-corrected chi connectivity index (χ4v) is 1.80. The van der Waals surface area contributed by atoms with Crippen molar-refractivity contribution in [3.63, 3.8) is 0 Å². The summed E-state index contributed by atoms with van der Waals surface area (Å²) in [7, 11) is 0. The van der Waals surface area contributed by atoms with Gasteiger partial charge in [0.15, 0.2) is 5.76 Å². The molecule has 1 aromatic rings. The summed E-state index contributed by atoms with van der Waals surface area (Å²) in [6.07, 6.45) is 1.86. The van der Waals surface area contributed by atoms with Crippen molar-refractivity contribution in [2.75, 3.05) is 0 Å². The third-order valence-electron chi connectivity index (χ3n) is 3.20. The van der Waals surface area contributed by atoms with Crippen LogP contribution in [0.1, 0.15) is 18.1 Å². The summed E-state index contributed by atoms with van der Waals surface area (Å²) in [5.41, 5.74) is 0.980. The zero-order chi connectivity index (χ0) is 15.0. The van der Waals surface area contributed by atoms with Gasteiger partial charge in [0.25, 0.3) is 0 Å². The molecule has 0 fully saturated rings. The minimum atomic E-state index is -4.32. The topological polar surface area (TPSA) is 9.23 Å². The first-order valence-electron chi connectivity index (χ1n) is 6.08. The van der Waals surface area contributed by atoms with E-state index in [4.69, 9.17) is 4.74 Å². The molecule has 0 saturated heterocycles. The average molecular weight is 286 g/mol. The molecule has 0 amide bonds. The van der Waals surface area contributed by atoms with E-state index in [1.807, 2.05) is 6.92 Å². The second-order valence-corrected chi connectivity index (χ2v) is 4.80. The first-order valence-corrected chi connectivity index (χ1v) is 6.08. The van der Waals surface area contributed by atoms with Gasteiger partial charge in [0.05, 0.1) is 0 Å². The van der Waals surface area contributed by atoms with Crippen molar-refractivity contribution < 1.29 is 22.3 Å². The molecule has 0 saturated carbocycles. The Bertz CT molecular complexity index is 556. The molecule has 0 radical (unpaired) electrons. The Morgan fingerprint density at radius 1 is 0.900 bits per heavy atom. The average Bonchev–Trinajstić information content (AvgIpc) is 2.38. The Morgan fingerprint density at radius 2 is 1.50 bits per heavy atom. The lowest BCUT2D eigenvalue weighted by atomic mass is 9.97. The first-order chi connectivity index (χ1) is 9.25. The van der Waals surface area contributed by atoms with E-state index < -0.39 is 23.2 Å². The number of alkyl halides is 4. The molecule has 5 heteroatoms. The van der Waals surface area contributed by atoms with Crippen LogP contribution in [0.3, 0.4) is 0 Å². The van der Waals surface area contributed by atoms with Crippen molar-refractivity contribution in [1.29, 1.82) is 0 Å². The van der Waals surface area contributed by atoms with Gasteiger partial charge in [0, 0.05) is 5.57 Å². The van der Waals surface area contributed by atoms with Crippen LogP contribution < -0.4 is 0 Å². The van der Waals surface area contributed by atoms with Gasteiger partial charge in [-0.05, 0) is 25.5 Å². The molecule has 0 bridgehead atoms. The maximum absolute atomic E-state index is 13.7. The Kier molecular flexibility index (Phi) is 3.63. The molecule has 0 aromatic heterocycles. The monoisotopic (exact) mass is 286 g/mol. The molecule has 0 spiro atoms. The van der Waals surface area contributed by atoms with Crippen LogP contribution in [0.2, 0.25) is 0 Å². The summed E-state index contributed by atoms with van der Waals surface area (Å²) >= 11 is 0. The highest BCUT2D eigenvalue weighted by molar-refractivity contribution is 5.34. The van der Waals surface area contributed by atoms with Crippen LogP contribution in [0.4, 0.5) is 17.6 Å². The highest BCUT2D eigenvalue weighted by Crippen LogP contribution is 2.47. The lowest BCUT2D eigenvalue weighted by Crippen LogP contribution is -2.45. The number of benzene rings is 1. The summed E-state index contributed by atoms with van der Waals surface area (Å²) in [4.78, 5) is 0. The highest BCUT2D eigenvalue weighted by atomic mass is 19.3. The third kappa shape index (κ3) is 2.44. The van der Waals surface area contributed by atoms with Crippen LogP contribution in [-0.2, 0) is 11.3 Å². The Labute approximate surface area is 114 Å². The van der Waals surface area contributed by atoms with Crippen molar-refractivity contribution in [1.82, 2.24) is 0 Å². The van der Waals surface area contributed by atoms with Gasteiger partial charge >= 0.3 is 11.8 Å². The summed E-state index contributed by atoms with van der Waals surface area (Å²) in [5, 5.41) is 0. The molecule has 0 atom stereocenters. The van der Waals surface area contributed by atoms with Crippen molar-refractivity contribution in [2.45, 2.75) is 32.3 Å². The van der Waals surface area contributed by atoms with Gasteiger partial charge in [-0.25, -0.2) is 0 Å². The van der Waals surface area contributed by atoms with Gasteiger partial charge in [-0.1, -0.05) is 35.9 Å². The highest BCUT2D eigenvalue weighted by Gasteiger charge is 2.62. The normalized spacial score (nSPS) is 20.1. The van der Waals surface area contributed by atoms with Crippen LogP contribution >= 0.6 is 0 Å². The molecule has 0 unspecified atom stereocenters. The maximum atomic E-state index is 13.7. The number of hydrogen-bond acceptors (Lipinski definition) is 1. The molecule has 0 N–H and O–H groups in total. The third-order valence-corrected chi connectivity index (χ3v) is 3.20. The van der Waals surface area contributed by atoms with Crippen molar-refractivity contribution in [3.05, 3.63) is 58.9 Å². The Hall–Kier alpha value is -1.78. The smallest absolute Gasteiger partial charge is 0.369 e. The van der Waals surface area contributed by atoms with Gasteiger partial charge in [-0.2, -0.15) is 17.6 Å². The SMILES string of the molecule is CC1=CC=C(OCc2ccc(C)cc2)C(F)(F)C1(F)F. The van der Waals surface area contributed by atoms with Crippen LogP contribution in [0.15, 0.2) is 47.7 Å². The molecule has 108 valence electrons.